The number of hydrogen-bond acceptors (Lipinski definition) is 2. The topological polar surface area (TPSA) is 34.1 Å². The smallest absolute Gasteiger partial charge is 0.186 e. The number of hydrogen-bond donors (Lipinski definition) is 0. The van der Waals surface area contributed by atoms with Gasteiger partial charge in [-0.3, -0.25) is 0 Å². The highest BCUT2D eigenvalue weighted by Crippen LogP contribution is 2.23. The molecule has 0 saturated carbocycles. The first-order valence-corrected chi connectivity index (χ1v) is 3.88. The lowest BCUT2D eigenvalue weighted by Gasteiger charge is -2.09. The fraction of sp³-hybridized carbons (Fsp3) is 0.667. The lowest BCUT2D eigenvalue weighted by molar-refractivity contribution is -0.191. The average Bonchev–Trinajstić information content (AvgIpc) is 2.38. The minimum Gasteiger partial charge on any atom is -0.186 e. The second-order valence-corrected chi connectivity index (χ2v) is 3.00. The van der Waals surface area contributed by atoms with Crippen molar-refractivity contribution >= 4 is 6.15 Å². The Morgan fingerprint density at radius 1 is 1.45 bits per heavy atom. The molecule has 1 rings (SSSR count). The van der Waals surface area contributed by atoms with E-state index in [1.807, 2.05) is 0 Å². The van der Waals surface area contributed by atoms with Gasteiger partial charge in [-0.25, -0.2) is 0 Å². The summed E-state index contributed by atoms with van der Waals surface area (Å²) in [5, 5.41) is 0. The zero-order valence-electron chi connectivity index (χ0n) is 7.04. The van der Waals surface area contributed by atoms with Gasteiger partial charge >= 0.3 is 6.15 Å². The highest BCUT2D eigenvalue weighted by molar-refractivity contribution is 5.20. The standard InChI is InChI=1S/C8H14.CO2/c1-7(2)8-5-3-4-6-8;2-1-3/h3,5,7-8H,4,6H2,1-2H3;/t8-;/m0./s1. The van der Waals surface area contributed by atoms with E-state index in [4.69, 9.17) is 9.59 Å². The Morgan fingerprint density at radius 3 is 2.18 bits per heavy atom. The highest BCUT2D eigenvalue weighted by Gasteiger charge is 2.11. The molecular formula is C9H14O2. The van der Waals surface area contributed by atoms with Crippen LogP contribution in [0.2, 0.25) is 0 Å². The monoisotopic (exact) mass is 154 g/mol. The minimum atomic E-state index is 0.250. The molecule has 0 radical (unpaired) electrons. The first-order chi connectivity index (χ1) is 5.22. The van der Waals surface area contributed by atoms with Crippen LogP contribution in [0.3, 0.4) is 0 Å². The molecule has 0 aromatic rings. The molecule has 2 nitrogen and oxygen atoms in total. The maximum Gasteiger partial charge on any atom is 0.373 e. The fourth-order valence-electron chi connectivity index (χ4n) is 1.21. The van der Waals surface area contributed by atoms with Gasteiger partial charge in [0.15, 0.2) is 0 Å². The van der Waals surface area contributed by atoms with Gasteiger partial charge in [0, 0.05) is 0 Å². The van der Waals surface area contributed by atoms with Crippen LogP contribution in [0.1, 0.15) is 26.7 Å². The summed E-state index contributed by atoms with van der Waals surface area (Å²) in [5.74, 6) is 1.74. The van der Waals surface area contributed by atoms with E-state index in [0.717, 1.165) is 11.8 Å². The minimum absolute atomic E-state index is 0.250. The van der Waals surface area contributed by atoms with E-state index in [1.54, 1.807) is 0 Å². The van der Waals surface area contributed by atoms with Crippen LogP contribution in [0.5, 0.6) is 0 Å². The molecule has 0 amide bonds. The van der Waals surface area contributed by atoms with Crippen molar-refractivity contribution in [3.05, 3.63) is 12.2 Å². The normalized spacial score (nSPS) is 20.8. The van der Waals surface area contributed by atoms with Crippen LogP contribution in [0, 0.1) is 11.8 Å². The summed E-state index contributed by atoms with van der Waals surface area (Å²) in [6.07, 6.45) is 7.59. The molecule has 0 unspecified atom stereocenters. The van der Waals surface area contributed by atoms with Gasteiger partial charge in [0.25, 0.3) is 0 Å². The first-order valence-electron chi connectivity index (χ1n) is 3.88. The van der Waals surface area contributed by atoms with Crippen LogP contribution < -0.4 is 0 Å². The van der Waals surface area contributed by atoms with E-state index in [-0.39, 0.29) is 6.15 Å². The number of carbonyl (C=O) groups excluding carboxylic acids is 2. The van der Waals surface area contributed by atoms with Gasteiger partial charge in [0.2, 0.25) is 0 Å². The zero-order chi connectivity index (χ0) is 8.69. The molecule has 1 aliphatic carbocycles. The van der Waals surface area contributed by atoms with Crippen LogP contribution in [0.15, 0.2) is 12.2 Å². The van der Waals surface area contributed by atoms with Crippen molar-refractivity contribution in [3.63, 3.8) is 0 Å². The summed E-state index contributed by atoms with van der Waals surface area (Å²) in [7, 11) is 0. The van der Waals surface area contributed by atoms with Crippen LogP contribution >= 0.6 is 0 Å². The molecule has 0 aromatic carbocycles. The van der Waals surface area contributed by atoms with E-state index >= 15 is 0 Å². The fourth-order valence-corrected chi connectivity index (χ4v) is 1.21. The van der Waals surface area contributed by atoms with Crippen molar-refractivity contribution in [2.45, 2.75) is 26.7 Å². The van der Waals surface area contributed by atoms with Gasteiger partial charge < -0.3 is 0 Å². The molecule has 0 bridgehead atoms. The molecule has 0 fully saturated rings. The van der Waals surface area contributed by atoms with Crippen molar-refractivity contribution in [1.82, 2.24) is 0 Å². The van der Waals surface area contributed by atoms with Crippen LogP contribution in [-0.4, -0.2) is 6.15 Å². The Hall–Kier alpha value is -0.880. The molecule has 1 aliphatic rings. The average molecular weight is 154 g/mol. The number of allylic oxidation sites excluding steroid dienone is 2. The van der Waals surface area contributed by atoms with Crippen molar-refractivity contribution in [3.8, 4) is 0 Å². The Morgan fingerprint density at radius 2 is 2.00 bits per heavy atom. The maximum absolute atomic E-state index is 8.12. The third kappa shape index (κ3) is 4.51. The molecule has 62 valence electrons. The predicted octanol–water partition coefficient (Wildman–Crippen LogP) is 2.03. The van der Waals surface area contributed by atoms with Crippen LogP contribution in [0.25, 0.3) is 0 Å². The van der Waals surface area contributed by atoms with Crippen molar-refractivity contribution < 1.29 is 9.59 Å². The third-order valence-corrected chi connectivity index (χ3v) is 1.91. The zero-order valence-corrected chi connectivity index (χ0v) is 7.04. The molecule has 1 atom stereocenters. The molecule has 2 heteroatoms. The quantitative estimate of drug-likeness (QED) is 0.541. The largest absolute Gasteiger partial charge is 0.373 e. The van der Waals surface area contributed by atoms with Gasteiger partial charge in [-0.1, -0.05) is 26.0 Å². The summed E-state index contributed by atoms with van der Waals surface area (Å²) in [4.78, 5) is 16.2. The lowest BCUT2D eigenvalue weighted by atomic mass is 9.96. The summed E-state index contributed by atoms with van der Waals surface area (Å²) < 4.78 is 0. The molecule has 0 aromatic heterocycles. The van der Waals surface area contributed by atoms with Gasteiger partial charge in [-0.2, -0.15) is 9.59 Å². The number of rotatable bonds is 1. The van der Waals surface area contributed by atoms with Gasteiger partial charge in [-0.15, -0.1) is 0 Å². The summed E-state index contributed by atoms with van der Waals surface area (Å²) >= 11 is 0. The van der Waals surface area contributed by atoms with Gasteiger partial charge in [0.1, 0.15) is 0 Å². The Labute approximate surface area is 67.3 Å². The predicted molar refractivity (Wildman–Crippen MR) is 41.7 cm³/mol. The second kappa shape index (κ2) is 5.87. The first kappa shape index (κ1) is 10.1. The van der Waals surface area contributed by atoms with Crippen LogP contribution in [-0.2, 0) is 9.59 Å². The Kier molecular flexibility index (Phi) is 5.40. The molecule has 0 spiro atoms. The second-order valence-electron chi connectivity index (χ2n) is 3.00. The molecular weight excluding hydrogens is 140 g/mol. The third-order valence-electron chi connectivity index (χ3n) is 1.91. The molecule has 0 aliphatic heterocycles. The Balaban J connectivity index is 0.000000292. The summed E-state index contributed by atoms with van der Waals surface area (Å²) in [5.41, 5.74) is 0. The van der Waals surface area contributed by atoms with Crippen molar-refractivity contribution in [2.24, 2.45) is 11.8 Å². The summed E-state index contributed by atoms with van der Waals surface area (Å²) in [6, 6.07) is 0. The van der Waals surface area contributed by atoms with Gasteiger partial charge in [0.05, 0.1) is 0 Å². The van der Waals surface area contributed by atoms with Crippen molar-refractivity contribution in [1.29, 1.82) is 0 Å². The van der Waals surface area contributed by atoms with E-state index in [1.165, 1.54) is 12.8 Å². The summed E-state index contributed by atoms with van der Waals surface area (Å²) in [6.45, 7) is 4.58. The van der Waals surface area contributed by atoms with Crippen LogP contribution in [0.4, 0.5) is 0 Å². The molecule has 0 heterocycles. The van der Waals surface area contributed by atoms with E-state index in [9.17, 15) is 0 Å². The molecule has 0 saturated heterocycles. The van der Waals surface area contributed by atoms with E-state index < -0.39 is 0 Å². The van der Waals surface area contributed by atoms with E-state index in [2.05, 4.69) is 26.0 Å². The SMILES string of the molecule is CC(C)[C@H]1C=CCC1.O=C=O. The van der Waals surface area contributed by atoms with E-state index in [0.29, 0.717) is 0 Å². The molecule has 11 heavy (non-hydrogen) atoms. The Bertz CT molecular complexity index is 153. The lowest BCUT2D eigenvalue weighted by Crippen LogP contribution is -2.00. The molecule has 0 N–H and O–H groups in total. The van der Waals surface area contributed by atoms with Gasteiger partial charge in [-0.05, 0) is 24.7 Å². The van der Waals surface area contributed by atoms with Crippen molar-refractivity contribution in [2.75, 3.05) is 0 Å². The maximum atomic E-state index is 8.12. The highest BCUT2D eigenvalue weighted by atomic mass is 16.2.